The highest BCUT2D eigenvalue weighted by molar-refractivity contribution is 7.89. The van der Waals surface area contributed by atoms with Crippen molar-refractivity contribution in [3.63, 3.8) is 0 Å². The summed E-state index contributed by atoms with van der Waals surface area (Å²) in [6, 6.07) is 40.5. The third-order valence-electron chi connectivity index (χ3n) is 13.1. The maximum Gasteiger partial charge on any atom is 0.346 e. The molecule has 0 saturated carbocycles. The number of primary sulfonamides is 1. The number of cyclic esters (lactones) is 2. The van der Waals surface area contributed by atoms with Crippen LogP contribution in [0.2, 0.25) is 10.0 Å². The van der Waals surface area contributed by atoms with Crippen molar-refractivity contribution in [2.45, 2.75) is 32.6 Å². The number of nitrogens with zero attached hydrogens (tertiary/aromatic N) is 16. The van der Waals surface area contributed by atoms with Crippen molar-refractivity contribution in [2.75, 3.05) is 21.3 Å². The number of ether oxygens (including phenoxy) is 1. The zero-order valence-electron chi connectivity index (χ0n) is 52.3. The largest absolute Gasteiger partial charge is 0.386 e. The number of rotatable bonds is 13. The molecule has 100 heavy (non-hydrogen) atoms. The Hall–Kier alpha value is -13.0. The van der Waals surface area contributed by atoms with E-state index in [1.165, 1.54) is 72.8 Å². The normalized spacial score (nSPS) is 11.2. The fourth-order valence-corrected chi connectivity index (χ4v) is 9.36. The average molecular weight is 1400 g/mol. The highest BCUT2D eigenvalue weighted by atomic mass is 35.5. The second-order valence-corrected chi connectivity index (χ2v) is 22.8. The van der Waals surface area contributed by atoms with Crippen LogP contribution in [0.3, 0.4) is 0 Å². The maximum absolute atomic E-state index is 12.9. The number of aromatic nitrogens is 16. The van der Waals surface area contributed by atoms with Crippen LogP contribution in [0.15, 0.2) is 187 Å². The zero-order valence-corrected chi connectivity index (χ0v) is 54.6. The standard InChI is InChI=1S/C18H11N5O4.C16H11Cl2N5O.C16H12FN5O.C16H14N6O3S/c1-9-20-14(13-4-2-3-7-19-13)22-18(21-9)23-15(24)10-5-6-11-12(8-10)17(26)27-16(11)25;1-9-20-14(13-4-2-3-7-19-13)22-16(21-9)23-15(24)10-5-6-11(17)12(18)8-10;1-10-19-14(13-4-2-3-9-18-13)21-16(20-10)22-15(23)11-5-7-12(17)8-6-11;1-10-19-14(13-4-2-3-9-18-13)21-16(20-10)22-15(23)11-5-7-12(8-6-11)26(17,24)25/h2-8H,1H3,(H,20,21,22,23,24);2-8H,1H3,(H,20,21,22,23,24);2-9H,1H3,(H,19,20,21,22,23);2-9H,1H3,(H2,17,24,25)(H,19,20,21,22,23). The van der Waals surface area contributed by atoms with Gasteiger partial charge in [0.15, 0.2) is 23.3 Å². The first-order valence-electron chi connectivity index (χ1n) is 29.0. The van der Waals surface area contributed by atoms with E-state index in [-0.39, 0.29) is 50.9 Å². The monoisotopic (exact) mass is 1400 g/mol. The van der Waals surface area contributed by atoms with Crippen LogP contribution >= 0.6 is 23.2 Å². The topological polar surface area (TPSA) is 426 Å². The minimum Gasteiger partial charge on any atom is -0.386 e. The molecule has 0 atom stereocenters. The summed E-state index contributed by atoms with van der Waals surface area (Å²) in [6.07, 6.45) is 6.49. The molecule has 30 nitrogen and oxygen atoms in total. The number of aryl methyl sites for hydroxylation is 4. The number of sulfonamides is 1. The molecule has 4 amide bonds. The van der Waals surface area contributed by atoms with Gasteiger partial charge in [-0.25, -0.2) is 47.5 Å². The van der Waals surface area contributed by atoms with Crippen LogP contribution < -0.4 is 26.4 Å². The molecular formula is C66H48Cl2FN21O9S. The van der Waals surface area contributed by atoms with Gasteiger partial charge in [-0.3, -0.25) is 60.4 Å². The fraction of sp³-hybridized carbons (Fsp3) is 0.0606. The summed E-state index contributed by atoms with van der Waals surface area (Å²) in [5.74, 6) is -0.255. The number of carbonyl (C=O) groups excluding carboxylic acids is 6. The van der Waals surface area contributed by atoms with Gasteiger partial charge in [-0.2, -0.15) is 39.9 Å². The molecule has 9 heterocycles. The maximum atomic E-state index is 12.9. The van der Waals surface area contributed by atoms with Crippen LogP contribution in [0.1, 0.15) is 85.4 Å². The molecule has 0 aliphatic carbocycles. The van der Waals surface area contributed by atoms with Crippen molar-refractivity contribution in [3.8, 4) is 46.1 Å². The van der Waals surface area contributed by atoms with Crippen LogP contribution in [0.4, 0.5) is 28.2 Å². The SMILES string of the molecule is Cc1nc(NC(=O)c2ccc(Cl)c(Cl)c2)nc(-c2ccccn2)n1.Cc1nc(NC(=O)c2ccc(F)cc2)nc(-c2ccccn2)n1.Cc1nc(NC(=O)c2ccc(S(N)(=O)=O)cc2)nc(-c2ccccn2)n1.Cc1nc(NC(=O)c2ccc3c(c2)C(=O)OC3=O)nc(-c2ccccn2)n1. The van der Waals surface area contributed by atoms with E-state index in [1.807, 2.05) is 12.1 Å². The second kappa shape index (κ2) is 31.7. The highest BCUT2D eigenvalue weighted by Gasteiger charge is 2.31. The van der Waals surface area contributed by atoms with E-state index >= 15 is 0 Å². The molecule has 0 spiro atoms. The molecule has 1 aliphatic rings. The average Bonchev–Trinajstić information content (AvgIpc) is 1.67. The number of hydrogen-bond acceptors (Lipinski definition) is 25. The van der Waals surface area contributed by atoms with Crippen LogP contribution in [-0.2, 0) is 14.8 Å². The number of carbonyl (C=O) groups is 6. The molecular weight excluding hydrogens is 1350 g/mol. The molecule has 0 radical (unpaired) electrons. The number of esters is 2. The minimum atomic E-state index is -3.82. The zero-order chi connectivity index (χ0) is 71.0. The third kappa shape index (κ3) is 18.7. The molecule has 4 aromatic carbocycles. The Bertz CT molecular complexity index is 5190. The Balaban J connectivity index is 0.000000144. The predicted molar refractivity (Wildman–Crippen MR) is 360 cm³/mol. The van der Waals surface area contributed by atoms with Crippen LogP contribution in [-0.4, -0.2) is 124 Å². The van der Waals surface area contributed by atoms with E-state index in [0.717, 1.165) is 0 Å². The van der Waals surface area contributed by atoms with Crippen molar-refractivity contribution in [1.29, 1.82) is 0 Å². The third-order valence-corrected chi connectivity index (χ3v) is 14.8. The van der Waals surface area contributed by atoms with Gasteiger partial charge in [0.1, 0.15) is 51.9 Å². The van der Waals surface area contributed by atoms with Crippen LogP contribution in [0.25, 0.3) is 46.1 Å². The second-order valence-electron chi connectivity index (χ2n) is 20.4. The quantitative estimate of drug-likeness (QED) is 0.0529. The Morgan fingerprint density at radius 2 is 0.710 bits per heavy atom. The number of anilines is 4. The van der Waals surface area contributed by atoms with Crippen molar-refractivity contribution in [1.82, 2.24) is 79.7 Å². The number of halogens is 3. The Morgan fingerprint density at radius 1 is 0.390 bits per heavy atom. The Morgan fingerprint density at radius 3 is 1.05 bits per heavy atom. The summed E-state index contributed by atoms with van der Waals surface area (Å²) in [4.78, 5) is 139. The van der Waals surface area contributed by atoms with Gasteiger partial charge in [0, 0.05) is 47.0 Å². The number of nitrogens with two attached hydrogens (primary N) is 1. The molecule has 0 saturated heterocycles. The van der Waals surface area contributed by atoms with E-state index in [4.69, 9.17) is 28.3 Å². The van der Waals surface area contributed by atoms with E-state index in [2.05, 4.69) is 106 Å². The molecule has 12 aromatic rings. The molecule has 34 heteroatoms. The lowest BCUT2D eigenvalue weighted by Gasteiger charge is -2.07. The molecule has 0 unspecified atom stereocenters. The van der Waals surface area contributed by atoms with Gasteiger partial charge in [-0.05, 0) is 161 Å². The molecule has 0 bridgehead atoms. The minimum absolute atomic E-state index is 0.0484. The van der Waals surface area contributed by atoms with Gasteiger partial charge in [-0.1, -0.05) is 47.5 Å². The fourth-order valence-electron chi connectivity index (χ4n) is 8.55. The van der Waals surface area contributed by atoms with Gasteiger partial charge in [0.2, 0.25) is 33.8 Å². The number of benzene rings is 4. The van der Waals surface area contributed by atoms with E-state index in [9.17, 15) is 41.6 Å². The lowest BCUT2D eigenvalue weighted by Crippen LogP contribution is -2.16. The van der Waals surface area contributed by atoms with Crippen molar-refractivity contribution >= 4 is 92.6 Å². The molecule has 13 rings (SSSR count). The summed E-state index contributed by atoms with van der Waals surface area (Å²) in [5, 5.41) is 16.0. The molecule has 6 N–H and O–H groups in total. The first kappa shape index (κ1) is 69.8. The van der Waals surface area contributed by atoms with Crippen molar-refractivity contribution in [2.24, 2.45) is 5.14 Å². The van der Waals surface area contributed by atoms with E-state index < -0.39 is 51.4 Å². The number of amides is 4. The van der Waals surface area contributed by atoms with E-state index in [1.54, 1.807) is 125 Å². The van der Waals surface area contributed by atoms with Crippen molar-refractivity contribution in [3.05, 3.63) is 255 Å². The summed E-state index contributed by atoms with van der Waals surface area (Å²) >= 11 is 11.8. The summed E-state index contributed by atoms with van der Waals surface area (Å²) in [7, 11) is -3.82. The molecule has 498 valence electrons. The molecule has 8 aromatic heterocycles. The predicted octanol–water partition coefficient (Wildman–Crippen LogP) is 9.38. The van der Waals surface area contributed by atoms with Gasteiger partial charge in [0.05, 0.1) is 26.1 Å². The lowest BCUT2D eigenvalue weighted by molar-refractivity contribution is 0.0442. The Labute approximate surface area is 575 Å². The number of nitrogens with one attached hydrogen (secondary N) is 4. The molecule has 0 fully saturated rings. The number of hydrogen-bond donors (Lipinski definition) is 5. The van der Waals surface area contributed by atoms with E-state index in [0.29, 0.717) is 90.5 Å². The van der Waals surface area contributed by atoms with Crippen LogP contribution in [0.5, 0.6) is 0 Å². The van der Waals surface area contributed by atoms with Gasteiger partial charge in [0.25, 0.3) is 23.6 Å². The van der Waals surface area contributed by atoms with Crippen molar-refractivity contribution < 1.29 is 46.3 Å². The first-order valence-corrected chi connectivity index (χ1v) is 31.3. The smallest absolute Gasteiger partial charge is 0.346 e. The van der Waals surface area contributed by atoms with Gasteiger partial charge < -0.3 is 4.74 Å². The summed E-state index contributed by atoms with van der Waals surface area (Å²) < 4.78 is 39.9. The highest BCUT2D eigenvalue weighted by Crippen LogP contribution is 2.25. The summed E-state index contributed by atoms with van der Waals surface area (Å²) in [6.45, 7) is 6.75. The number of fused-ring (bicyclic) bond motifs is 1. The summed E-state index contributed by atoms with van der Waals surface area (Å²) in [5.41, 5.74) is 3.49. The number of pyridine rings is 4. The van der Waals surface area contributed by atoms with Gasteiger partial charge >= 0.3 is 11.9 Å². The molecule has 1 aliphatic heterocycles. The Kier molecular flexibility index (Phi) is 22.1. The first-order chi connectivity index (χ1) is 48.0. The van der Waals surface area contributed by atoms with Gasteiger partial charge in [-0.15, -0.1) is 0 Å². The lowest BCUT2D eigenvalue weighted by atomic mass is 10.1. The van der Waals surface area contributed by atoms with Crippen LogP contribution in [0, 0.1) is 33.5 Å².